The van der Waals surface area contributed by atoms with Gasteiger partial charge in [0, 0.05) is 36.2 Å². The lowest BCUT2D eigenvalue weighted by Gasteiger charge is -2.34. The third kappa shape index (κ3) is 4.78. The lowest BCUT2D eigenvalue weighted by atomic mass is 10.0. The topological polar surface area (TPSA) is 81.5 Å². The van der Waals surface area contributed by atoms with Gasteiger partial charge in [0.15, 0.2) is 0 Å². The zero-order chi connectivity index (χ0) is 25.3. The SMILES string of the molecule is N#Cc1cccc(-c2ccc(C(=O)N3CCN(S(=O)(=O)c4ccc5cc(Br)ccc5c4)CC3)cc2)c1. The molecule has 0 radical (unpaired) electrons. The van der Waals surface area contributed by atoms with Crippen molar-refractivity contribution in [2.75, 3.05) is 26.2 Å². The molecule has 1 saturated heterocycles. The van der Waals surface area contributed by atoms with Gasteiger partial charge >= 0.3 is 0 Å². The number of hydrogen-bond donors (Lipinski definition) is 0. The summed E-state index contributed by atoms with van der Waals surface area (Å²) < 4.78 is 28.9. The van der Waals surface area contributed by atoms with E-state index in [-0.39, 0.29) is 23.9 Å². The van der Waals surface area contributed by atoms with Gasteiger partial charge in [0.2, 0.25) is 10.0 Å². The van der Waals surface area contributed by atoms with Gasteiger partial charge < -0.3 is 4.90 Å². The van der Waals surface area contributed by atoms with Crippen LogP contribution in [-0.4, -0.2) is 49.7 Å². The summed E-state index contributed by atoms with van der Waals surface area (Å²) in [5, 5.41) is 10.9. The molecular formula is C28H22BrN3O3S. The maximum absolute atomic E-state index is 13.3. The Balaban J connectivity index is 1.26. The average Bonchev–Trinajstić information content (AvgIpc) is 2.92. The summed E-state index contributed by atoms with van der Waals surface area (Å²) >= 11 is 3.44. The number of amides is 1. The Kier molecular flexibility index (Phi) is 6.63. The van der Waals surface area contributed by atoms with E-state index in [0.717, 1.165) is 26.4 Å². The zero-order valence-electron chi connectivity index (χ0n) is 19.3. The summed E-state index contributed by atoms with van der Waals surface area (Å²) in [6.07, 6.45) is 0. The number of nitriles is 1. The predicted octanol–water partition coefficient (Wildman–Crippen LogP) is 5.29. The van der Waals surface area contributed by atoms with Crippen LogP contribution in [0.1, 0.15) is 15.9 Å². The van der Waals surface area contributed by atoms with E-state index in [0.29, 0.717) is 24.2 Å². The fraction of sp³-hybridized carbons (Fsp3) is 0.143. The monoisotopic (exact) mass is 559 g/mol. The second kappa shape index (κ2) is 9.86. The largest absolute Gasteiger partial charge is 0.336 e. The van der Waals surface area contributed by atoms with Crippen molar-refractivity contribution in [2.45, 2.75) is 4.90 Å². The molecule has 0 saturated carbocycles. The van der Waals surface area contributed by atoms with Crippen LogP contribution in [0.5, 0.6) is 0 Å². The minimum atomic E-state index is -3.66. The summed E-state index contributed by atoms with van der Waals surface area (Å²) in [5.74, 6) is -0.124. The van der Waals surface area contributed by atoms with E-state index >= 15 is 0 Å². The van der Waals surface area contributed by atoms with E-state index in [9.17, 15) is 13.2 Å². The van der Waals surface area contributed by atoms with Gasteiger partial charge in [0.25, 0.3) is 5.91 Å². The molecule has 0 unspecified atom stereocenters. The summed E-state index contributed by atoms with van der Waals surface area (Å²) in [6.45, 7) is 1.13. The Hall–Kier alpha value is -3.51. The Morgan fingerprint density at radius 2 is 1.50 bits per heavy atom. The van der Waals surface area contributed by atoms with Crippen LogP contribution in [0.2, 0.25) is 0 Å². The van der Waals surface area contributed by atoms with Crippen LogP contribution in [0.4, 0.5) is 0 Å². The number of benzene rings is 4. The quantitative estimate of drug-likeness (QED) is 0.340. The van der Waals surface area contributed by atoms with Crippen LogP contribution in [0.15, 0.2) is 94.3 Å². The average molecular weight is 560 g/mol. The van der Waals surface area contributed by atoms with Crippen LogP contribution in [0.3, 0.4) is 0 Å². The molecule has 1 amide bonds. The predicted molar refractivity (Wildman–Crippen MR) is 143 cm³/mol. The highest BCUT2D eigenvalue weighted by atomic mass is 79.9. The minimum Gasteiger partial charge on any atom is -0.336 e. The fourth-order valence-corrected chi connectivity index (χ4v) is 6.23. The van der Waals surface area contributed by atoms with Crippen LogP contribution >= 0.6 is 15.9 Å². The summed E-state index contributed by atoms with van der Waals surface area (Å²) in [7, 11) is -3.66. The first-order valence-corrected chi connectivity index (χ1v) is 13.7. The molecule has 0 aromatic heterocycles. The van der Waals surface area contributed by atoms with Gasteiger partial charge in [-0.15, -0.1) is 0 Å². The highest BCUT2D eigenvalue weighted by molar-refractivity contribution is 9.10. The number of nitrogens with zero attached hydrogens (tertiary/aromatic N) is 3. The number of carbonyl (C=O) groups excluding carboxylic acids is 1. The zero-order valence-corrected chi connectivity index (χ0v) is 21.7. The molecule has 8 heteroatoms. The Labute approximate surface area is 218 Å². The summed E-state index contributed by atoms with van der Waals surface area (Å²) in [5.41, 5.74) is 2.96. The van der Waals surface area contributed by atoms with Crippen molar-refractivity contribution in [3.63, 3.8) is 0 Å². The van der Waals surface area contributed by atoms with E-state index in [1.165, 1.54) is 4.31 Å². The normalized spacial score (nSPS) is 14.5. The van der Waals surface area contributed by atoms with Crippen molar-refractivity contribution in [3.8, 4) is 17.2 Å². The third-order valence-corrected chi connectivity index (χ3v) is 8.78. The van der Waals surface area contributed by atoms with Gasteiger partial charge in [-0.3, -0.25) is 4.79 Å². The first-order valence-electron chi connectivity index (χ1n) is 11.4. The molecule has 180 valence electrons. The number of halogens is 1. The molecule has 1 aliphatic heterocycles. The maximum Gasteiger partial charge on any atom is 0.253 e. The van der Waals surface area contributed by atoms with Gasteiger partial charge in [-0.25, -0.2) is 8.42 Å². The highest BCUT2D eigenvalue weighted by Crippen LogP contribution is 2.26. The van der Waals surface area contributed by atoms with Crippen molar-refractivity contribution in [1.82, 2.24) is 9.21 Å². The van der Waals surface area contributed by atoms with E-state index in [1.54, 1.807) is 35.2 Å². The number of rotatable bonds is 4. The summed E-state index contributed by atoms with van der Waals surface area (Å²) in [4.78, 5) is 15.0. The molecule has 5 rings (SSSR count). The first kappa shape index (κ1) is 24.2. The van der Waals surface area contributed by atoms with Gasteiger partial charge in [-0.1, -0.05) is 52.3 Å². The van der Waals surface area contributed by atoms with Crippen LogP contribution in [-0.2, 0) is 10.0 Å². The van der Waals surface area contributed by atoms with E-state index in [1.807, 2.05) is 54.6 Å². The number of carbonyl (C=O) groups is 1. The molecule has 1 fully saturated rings. The smallest absolute Gasteiger partial charge is 0.253 e. The Morgan fingerprint density at radius 1 is 0.806 bits per heavy atom. The van der Waals surface area contributed by atoms with Crippen molar-refractivity contribution in [2.24, 2.45) is 0 Å². The van der Waals surface area contributed by atoms with E-state index in [4.69, 9.17) is 5.26 Å². The van der Waals surface area contributed by atoms with E-state index in [2.05, 4.69) is 22.0 Å². The molecule has 0 atom stereocenters. The highest BCUT2D eigenvalue weighted by Gasteiger charge is 2.30. The fourth-order valence-electron chi connectivity index (χ4n) is 4.39. The maximum atomic E-state index is 13.3. The van der Waals surface area contributed by atoms with E-state index < -0.39 is 10.0 Å². The van der Waals surface area contributed by atoms with Crippen LogP contribution < -0.4 is 0 Å². The standard InChI is InChI=1S/C28H22BrN3O3S/c29-26-10-8-25-18-27(11-9-24(25)17-26)36(34,35)32-14-12-31(13-15-32)28(33)22-6-4-21(5-7-22)23-3-1-2-20(16-23)19-30/h1-11,16-18H,12-15H2. The summed E-state index contributed by atoms with van der Waals surface area (Å²) in [6, 6.07) is 27.6. The van der Waals surface area contributed by atoms with Gasteiger partial charge in [-0.2, -0.15) is 9.57 Å². The van der Waals surface area contributed by atoms with Gasteiger partial charge in [0.05, 0.1) is 16.5 Å². The van der Waals surface area contributed by atoms with Gasteiger partial charge in [0.1, 0.15) is 0 Å². The number of hydrogen-bond acceptors (Lipinski definition) is 4. The minimum absolute atomic E-state index is 0.124. The van der Waals surface area contributed by atoms with Crippen LogP contribution in [0, 0.1) is 11.3 Å². The molecule has 0 spiro atoms. The van der Waals surface area contributed by atoms with Crippen molar-refractivity contribution in [1.29, 1.82) is 5.26 Å². The molecule has 0 N–H and O–H groups in total. The Bertz CT molecular complexity index is 1600. The van der Waals surface area contributed by atoms with Crippen LogP contribution in [0.25, 0.3) is 21.9 Å². The molecule has 4 aromatic carbocycles. The second-order valence-corrected chi connectivity index (χ2v) is 11.5. The molecule has 0 aliphatic carbocycles. The second-order valence-electron chi connectivity index (χ2n) is 8.62. The van der Waals surface area contributed by atoms with Crippen molar-refractivity contribution >= 4 is 42.6 Å². The number of fused-ring (bicyclic) bond motifs is 1. The lowest BCUT2D eigenvalue weighted by molar-refractivity contribution is 0.0698. The first-order chi connectivity index (χ1) is 17.3. The lowest BCUT2D eigenvalue weighted by Crippen LogP contribution is -2.50. The molecule has 36 heavy (non-hydrogen) atoms. The van der Waals surface area contributed by atoms with Crippen molar-refractivity contribution in [3.05, 3.63) is 101 Å². The molecule has 0 bridgehead atoms. The van der Waals surface area contributed by atoms with Gasteiger partial charge in [-0.05, 0) is 70.4 Å². The third-order valence-electron chi connectivity index (χ3n) is 6.39. The number of piperazine rings is 1. The molecular weight excluding hydrogens is 538 g/mol. The molecule has 6 nitrogen and oxygen atoms in total. The van der Waals surface area contributed by atoms with Crippen molar-refractivity contribution < 1.29 is 13.2 Å². The number of sulfonamides is 1. The molecule has 1 heterocycles. The molecule has 4 aromatic rings. The molecule has 1 aliphatic rings. The Morgan fingerprint density at radius 3 is 2.22 bits per heavy atom.